The number of hydrogen-bond donors (Lipinski definition) is 0. The highest BCUT2D eigenvalue weighted by atomic mass is 32.1. The third-order valence-electron chi connectivity index (χ3n) is 4.14. The second-order valence-electron chi connectivity index (χ2n) is 5.79. The second-order valence-corrected chi connectivity index (χ2v) is 6.77. The molecule has 2 aromatic carbocycles. The van der Waals surface area contributed by atoms with Gasteiger partial charge in [0.1, 0.15) is 0 Å². The number of thiophene rings is 1. The first kappa shape index (κ1) is 16.5. The predicted molar refractivity (Wildman–Crippen MR) is 100 cm³/mol. The van der Waals surface area contributed by atoms with E-state index < -0.39 is 0 Å². The molecular formula is C21H21NOS. The zero-order valence-electron chi connectivity index (χ0n) is 14.0. The average molecular weight is 335 g/mol. The molecule has 0 saturated heterocycles. The van der Waals surface area contributed by atoms with Gasteiger partial charge in [0.15, 0.2) is 0 Å². The molecule has 0 aliphatic heterocycles. The van der Waals surface area contributed by atoms with Gasteiger partial charge in [-0.3, -0.25) is 4.79 Å². The fourth-order valence-electron chi connectivity index (χ4n) is 2.88. The van der Waals surface area contributed by atoms with Crippen LogP contribution in [0.15, 0.2) is 72.1 Å². The standard InChI is InChI=1S/C21H21NOS/c1-3-22(21(23)18-8-5-4-6-9-18)20(19-10-7-15-24-19)17-13-11-16(2)12-14-17/h4-15,20H,3H2,1-2H3. The maximum Gasteiger partial charge on any atom is 0.254 e. The molecule has 1 heterocycles. The van der Waals surface area contributed by atoms with Gasteiger partial charge in [-0.15, -0.1) is 11.3 Å². The van der Waals surface area contributed by atoms with Gasteiger partial charge < -0.3 is 4.90 Å². The van der Waals surface area contributed by atoms with Crippen LogP contribution >= 0.6 is 11.3 Å². The van der Waals surface area contributed by atoms with Crippen molar-refractivity contribution in [1.82, 2.24) is 4.90 Å². The largest absolute Gasteiger partial charge is 0.327 e. The molecule has 0 fully saturated rings. The first-order chi connectivity index (χ1) is 11.7. The van der Waals surface area contributed by atoms with Gasteiger partial charge >= 0.3 is 0 Å². The number of amides is 1. The Morgan fingerprint density at radius 1 is 1.00 bits per heavy atom. The number of hydrogen-bond acceptors (Lipinski definition) is 2. The van der Waals surface area contributed by atoms with E-state index in [1.165, 1.54) is 10.4 Å². The maximum absolute atomic E-state index is 13.1. The van der Waals surface area contributed by atoms with E-state index in [0.29, 0.717) is 6.54 Å². The molecule has 2 nitrogen and oxygen atoms in total. The molecule has 0 aliphatic carbocycles. The Morgan fingerprint density at radius 2 is 1.71 bits per heavy atom. The molecule has 3 heteroatoms. The van der Waals surface area contributed by atoms with Gasteiger partial charge in [0, 0.05) is 17.0 Å². The minimum atomic E-state index is -0.0525. The Kier molecular flexibility index (Phi) is 5.11. The SMILES string of the molecule is CCN(C(=O)c1ccccc1)C(c1ccc(C)cc1)c1cccs1. The van der Waals surface area contributed by atoms with Crippen molar-refractivity contribution < 1.29 is 4.79 Å². The van der Waals surface area contributed by atoms with Gasteiger partial charge in [-0.05, 0) is 43.0 Å². The highest BCUT2D eigenvalue weighted by Gasteiger charge is 2.27. The molecule has 3 aromatic rings. The summed E-state index contributed by atoms with van der Waals surface area (Å²) in [6.07, 6.45) is 0. The minimum absolute atomic E-state index is 0.0525. The van der Waals surface area contributed by atoms with Crippen molar-refractivity contribution in [2.24, 2.45) is 0 Å². The smallest absolute Gasteiger partial charge is 0.254 e. The van der Waals surface area contributed by atoms with Crippen LogP contribution in [0.25, 0.3) is 0 Å². The average Bonchev–Trinajstić information content (AvgIpc) is 3.15. The molecular weight excluding hydrogens is 314 g/mol. The lowest BCUT2D eigenvalue weighted by molar-refractivity contribution is 0.0719. The number of carbonyl (C=O) groups is 1. The van der Waals surface area contributed by atoms with E-state index in [0.717, 1.165) is 11.1 Å². The first-order valence-corrected chi connectivity index (χ1v) is 9.04. The van der Waals surface area contributed by atoms with Crippen molar-refractivity contribution in [3.8, 4) is 0 Å². The Hall–Kier alpha value is -2.39. The van der Waals surface area contributed by atoms with Gasteiger partial charge in [-0.2, -0.15) is 0 Å². The van der Waals surface area contributed by atoms with Gasteiger partial charge in [-0.25, -0.2) is 0 Å². The van der Waals surface area contributed by atoms with Crippen LogP contribution in [0.3, 0.4) is 0 Å². The van der Waals surface area contributed by atoms with Gasteiger partial charge in [0.05, 0.1) is 6.04 Å². The van der Waals surface area contributed by atoms with Crippen LogP contribution in [0.2, 0.25) is 0 Å². The molecule has 122 valence electrons. The fraction of sp³-hybridized carbons (Fsp3) is 0.190. The second kappa shape index (κ2) is 7.45. The quantitative estimate of drug-likeness (QED) is 0.619. The summed E-state index contributed by atoms with van der Waals surface area (Å²) in [6, 6.07) is 22.1. The van der Waals surface area contributed by atoms with E-state index in [2.05, 4.69) is 42.6 Å². The number of carbonyl (C=O) groups excluding carboxylic acids is 1. The zero-order chi connectivity index (χ0) is 16.9. The summed E-state index contributed by atoms with van der Waals surface area (Å²) in [4.78, 5) is 16.2. The highest BCUT2D eigenvalue weighted by molar-refractivity contribution is 7.10. The molecule has 0 radical (unpaired) electrons. The third kappa shape index (κ3) is 3.41. The van der Waals surface area contributed by atoms with E-state index in [1.54, 1.807) is 11.3 Å². The number of aryl methyl sites for hydroxylation is 1. The highest BCUT2D eigenvalue weighted by Crippen LogP contribution is 2.33. The van der Waals surface area contributed by atoms with Gasteiger partial charge in [-0.1, -0.05) is 54.1 Å². The summed E-state index contributed by atoms with van der Waals surface area (Å²) >= 11 is 1.69. The summed E-state index contributed by atoms with van der Waals surface area (Å²) in [5, 5.41) is 2.07. The van der Waals surface area contributed by atoms with Crippen LogP contribution in [0.1, 0.15) is 39.3 Å². The lowest BCUT2D eigenvalue weighted by Crippen LogP contribution is -2.35. The Bertz CT molecular complexity index is 778. The third-order valence-corrected chi connectivity index (χ3v) is 5.06. The van der Waals surface area contributed by atoms with Crippen molar-refractivity contribution in [2.75, 3.05) is 6.54 Å². The molecule has 3 rings (SSSR count). The summed E-state index contributed by atoms with van der Waals surface area (Å²) in [7, 11) is 0. The zero-order valence-corrected chi connectivity index (χ0v) is 14.8. The van der Waals surface area contributed by atoms with Crippen LogP contribution in [0.4, 0.5) is 0 Å². The summed E-state index contributed by atoms with van der Waals surface area (Å²) in [5.41, 5.74) is 3.10. The number of benzene rings is 2. The Labute approximate surface area is 147 Å². The van der Waals surface area contributed by atoms with Crippen molar-refractivity contribution in [3.63, 3.8) is 0 Å². The van der Waals surface area contributed by atoms with Crippen LogP contribution in [-0.4, -0.2) is 17.4 Å². The minimum Gasteiger partial charge on any atom is -0.327 e. The topological polar surface area (TPSA) is 20.3 Å². The molecule has 1 atom stereocenters. The Morgan fingerprint density at radius 3 is 2.29 bits per heavy atom. The summed E-state index contributed by atoms with van der Waals surface area (Å²) in [6.45, 7) is 4.77. The van der Waals surface area contributed by atoms with Crippen LogP contribution < -0.4 is 0 Å². The van der Waals surface area contributed by atoms with Gasteiger partial charge in [0.2, 0.25) is 0 Å². The number of rotatable bonds is 5. The molecule has 24 heavy (non-hydrogen) atoms. The fourth-order valence-corrected chi connectivity index (χ4v) is 3.75. The summed E-state index contributed by atoms with van der Waals surface area (Å²) < 4.78 is 0. The molecule has 1 unspecified atom stereocenters. The molecule has 1 aromatic heterocycles. The molecule has 0 spiro atoms. The molecule has 0 bridgehead atoms. The predicted octanol–water partition coefficient (Wildman–Crippen LogP) is 5.31. The lowest BCUT2D eigenvalue weighted by Gasteiger charge is -2.31. The van der Waals surface area contributed by atoms with Gasteiger partial charge in [0.25, 0.3) is 5.91 Å². The van der Waals surface area contributed by atoms with E-state index in [1.807, 2.05) is 48.2 Å². The normalized spacial score (nSPS) is 11.9. The molecule has 0 N–H and O–H groups in total. The van der Waals surface area contributed by atoms with Crippen LogP contribution in [-0.2, 0) is 0 Å². The lowest BCUT2D eigenvalue weighted by atomic mass is 10.0. The number of nitrogens with zero attached hydrogens (tertiary/aromatic N) is 1. The van der Waals surface area contributed by atoms with Crippen molar-refractivity contribution in [1.29, 1.82) is 0 Å². The summed E-state index contributed by atoms with van der Waals surface area (Å²) in [5.74, 6) is 0.0667. The first-order valence-electron chi connectivity index (χ1n) is 8.16. The van der Waals surface area contributed by atoms with E-state index in [9.17, 15) is 4.79 Å². The van der Waals surface area contributed by atoms with Crippen molar-refractivity contribution in [2.45, 2.75) is 19.9 Å². The monoisotopic (exact) mass is 335 g/mol. The van der Waals surface area contributed by atoms with E-state index in [-0.39, 0.29) is 11.9 Å². The van der Waals surface area contributed by atoms with Crippen LogP contribution in [0.5, 0.6) is 0 Å². The van der Waals surface area contributed by atoms with Crippen LogP contribution in [0, 0.1) is 6.92 Å². The van der Waals surface area contributed by atoms with Crippen molar-refractivity contribution >= 4 is 17.2 Å². The van der Waals surface area contributed by atoms with E-state index in [4.69, 9.17) is 0 Å². The molecule has 0 saturated carbocycles. The van der Waals surface area contributed by atoms with Crippen molar-refractivity contribution in [3.05, 3.63) is 93.7 Å². The molecule has 1 amide bonds. The Balaban J connectivity index is 2.03. The maximum atomic E-state index is 13.1. The van der Waals surface area contributed by atoms with E-state index >= 15 is 0 Å². The molecule has 0 aliphatic rings.